The Balaban J connectivity index is 2.90. The lowest BCUT2D eigenvalue weighted by molar-refractivity contribution is 0.516. The molecule has 0 amide bonds. The van der Waals surface area contributed by atoms with E-state index in [9.17, 15) is 4.39 Å². The second-order valence-corrected chi connectivity index (χ2v) is 4.83. The van der Waals surface area contributed by atoms with E-state index in [4.69, 9.17) is 22.6 Å². The Bertz CT molecular complexity index is 456. The Labute approximate surface area is 111 Å². The van der Waals surface area contributed by atoms with Crippen molar-refractivity contribution in [2.45, 2.75) is 26.3 Å². The summed E-state index contributed by atoms with van der Waals surface area (Å²) >= 11 is 5.76. The van der Waals surface area contributed by atoms with Crippen LogP contribution in [0.2, 0.25) is 5.15 Å². The third kappa shape index (κ3) is 3.83. The molecule has 0 aliphatic rings. The minimum absolute atomic E-state index is 0.0123. The fourth-order valence-electron chi connectivity index (χ4n) is 1.62. The van der Waals surface area contributed by atoms with Crippen LogP contribution in [0.3, 0.4) is 0 Å². The Morgan fingerprint density at radius 3 is 2.78 bits per heavy atom. The van der Waals surface area contributed by atoms with Crippen LogP contribution in [0.5, 0.6) is 0 Å². The molecule has 0 spiro atoms. The maximum absolute atomic E-state index is 13.7. The summed E-state index contributed by atoms with van der Waals surface area (Å²) in [4.78, 5) is 3.84. The zero-order valence-corrected chi connectivity index (χ0v) is 11.1. The molecule has 1 aromatic rings. The van der Waals surface area contributed by atoms with Gasteiger partial charge in [-0.15, -0.1) is 0 Å². The first-order chi connectivity index (χ1) is 8.47. The molecule has 3 N–H and O–H groups in total. The van der Waals surface area contributed by atoms with Gasteiger partial charge in [0.1, 0.15) is 11.2 Å². The van der Waals surface area contributed by atoms with Crippen molar-refractivity contribution in [1.29, 1.82) is 5.26 Å². The topological polar surface area (TPSA) is 74.7 Å². The van der Waals surface area contributed by atoms with Crippen LogP contribution in [0.4, 0.5) is 10.2 Å². The molecular formula is C12H16ClFN4. The molecule has 4 nitrogen and oxygen atoms in total. The van der Waals surface area contributed by atoms with E-state index in [0.29, 0.717) is 12.5 Å². The van der Waals surface area contributed by atoms with Crippen LogP contribution in [-0.4, -0.2) is 17.6 Å². The molecule has 1 heterocycles. The second-order valence-electron chi connectivity index (χ2n) is 4.48. The SMILES string of the molecule is CC(C)CC(CN)Nc1nc(Cl)c(C#N)cc1F. The van der Waals surface area contributed by atoms with Crippen molar-refractivity contribution in [1.82, 2.24) is 4.98 Å². The summed E-state index contributed by atoms with van der Waals surface area (Å²) in [7, 11) is 0. The van der Waals surface area contributed by atoms with Crippen LogP contribution in [0.25, 0.3) is 0 Å². The summed E-state index contributed by atoms with van der Waals surface area (Å²) in [6, 6.07) is 2.77. The monoisotopic (exact) mass is 270 g/mol. The summed E-state index contributed by atoms with van der Waals surface area (Å²) < 4.78 is 13.7. The molecule has 6 heteroatoms. The maximum atomic E-state index is 13.7. The van der Waals surface area contributed by atoms with Crippen LogP contribution >= 0.6 is 11.6 Å². The van der Waals surface area contributed by atoms with Gasteiger partial charge >= 0.3 is 0 Å². The lowest BCUT2D eigenvalue weighted by Gasteiger charge is -2.19. The molecule has 1 unspecified atom stereocenters. The number of nitriles is 1. The van der Waals surface area contributed by atoms with Crippen molar-refractivity contribution in [3.8, 4) is 6.07 Å². The van der Waals surface area contributed by atoms with Gasteiger partial charge in [0.25, 0.3) is 0 Å². The average Bonchev–Trinajstić information content (AvgIpc) is 2.31. The third-order valence-corrected chi connectivity index (χ3v) is 2.72. The summed E-state index contributed by atoms with van der Waals surface area (Å²) in [6.07, 6.45) is 0.801. The number of hydrogen-bond acceptors (Lipinski definition) is 4. The molecule has 1 atom stereocenters. The van der Waals surface area contributed by atoms with Crippen molar-refractivity contribution < 1.29 is 4.39 Å². The minimum atomic E-state index is -0.599. The first-order valence-corrected chi connectivity index (χ1v) is 6.08. The second kappa shape index (κ2) is 6.53. The molecule has 0 aromatic carbocycles. The summed E-state index contributed by atoms with van der Waals surface area (Å²) in [5.41, 5.74) is 5.64. The van der Waals surface area contributed by atoms with E-state index in [2.05, 4.69) is 24.1 Å². The van der Waals surface area contributed by atoms with Crippen LogP contribution < -0.4 is 11.1 Å². The molecular weight excluding hydrogens is 255 g/mol. The average molecular weight is 271 g/mol. The van der Waals surface area contributed by atoms with E-state index in [-0.39, 0.29) is 22.6 Å². The predicted octanol–water partition coefficient (Wildman–Crippen LogP) is 2.53. The number of nitrogens with two attached hydrogens (primary N) is 1. The molecule has 0 saturated carbocycles. The smallest absolute Gasteiger partial charge is 0.166 e. The van der Waals surface area contributed by atoms with Gasteiger partial charge in [0.15, 0.2) is 11.6 Å². The number of hydrogen-bond donors (Lipinski definition) is 2. The molecule has 1 rings (SSSR count). The molecule has 0 aliphatic carbocycles. The van der Waals surface area contributed by atoms with Crippen molar-refractivity contribution >= 4 is 17.4 Å². The van der Waals surface area contributed by atoms with E-state index in [1.54, 1.807) is 6.07 Å². The number of anilines is 1. The molecule has 0 fully saturated rings. The van der Waals surface area contributed by atoms with Gasteiger partial charge in [0, 0.05) is 12.6 Å². The van der Waals surface area contributed by atoms with Crippen LogP contribution in [0.15, 0.2) is 6.07 Å². The van der Waals surface area contributed by atoms with Crippen LogP contribution in [-0.2, 0) is 0 Å². The fraction of sp³-hybridized carbons (Fsp3) is 0.500. The number of rotatable bonds is 5. The molecule has 0 aliphatic heterocycles. The number of halogens is 2. The number of nitrogens with zero attached hydrogens (tertiary/aromatic N) is 2. The first kappa shape index (κ1) is 14.7. The quantitative estimate of drug-likeness (QED) is 0.806. The number of pyridine rings is 1. The minimum Gasteiger partial charge on any atom is -0.364 e. The highest BCUT2D eigenvalue weighted by atomic mass is 35.5. The summed E-state index contributed by atoms with van der Waals surface area (Å²) in [6.45, 7) is 4.48. The van der Waals surface area contributed by atoms with Crippen LogP contribution in [0.1, 0.15) is 25.8 Å². The van der Waals surface area contributed by atoms with Gasteiger partial charge in [0.2, 0.25) is 0 Å². The molecule has 98 valence electrons. The molecule has 18 heavy (non-hydrogen) atoms. The largest absolute Gasteiger partial charge is 0.364 e. The zero-order valence-electron chi connectivity index (χ0n) is 10.4. The Morgan fingerprint density at radius 1 is 1.61 bits per heavy atom. The number of nitrogens with one attached hydrogen (secondary N) is 1. The Hall–Kier alpha value is -1.38. The predicted molar refractivity (Wildman–Crippen MR) is 69.8 cm³/mol. The molecule has 0 saturated heterocycles. The highest BCUT2D eigenvalue weighted by Gasteiger charge is 2.15. The lowest BCUT2D eigenvalue weighted by Crippen LogP contribution is -2.31. The summed E-state index contributed by atoms with van der Waals surface area (Å²) in [5, 5.41) is 11.6. The van der Waals surface area contributed by atoms with Crippen LogP contribution in [0, 0.1) is 23.1 Å². The van der Waals surface area contributed by atoms with E-state index in [1.165, 1.54) is 0 Å². The van der Waals surface area contributed by atoms with E-state index < -0.39 is 5.82 Å². The normalized spacial score (nSPS) is 12.3. The highest BCUT2D eigenvalue weighted by molar-refractivity contribution is 6.30. The van der Waals surface area contributed by atoms with E-state index in [1.807, 2.05) is 0 Å². The summed E-state index contributed by atoms with van der Waals surface area (Å²) in [5.74, 6) is -0.128. The fourth-order valence-corrected chi connectivity index (χ4v) is 1.80. The van der Waals surface area contributed by atoms with Crippen molar-refractivity contribution in [3.05, 3.63) is 22.6 Å². The Kier molecular flexibility index (Phi) is 5.32. The van der Waals surface area contributed by atoms with Gasteiger partial charge < -0.3 is 11.1 Å². The van der Waals surface area contributed by atoms with Crippen molar-refractivity contribution in [2.24, 2.45) is 11.7 Å². The van der Waals surface area contributed by atoms with Gasteiger partial charge in [0.05, 0.1) is 5.56 Å². The van der Waals surface area contributed by atoms with Gasteiger partial charge in [-0.25, -0.2) is 9.37 Å². The lowest BCUT2D eigenvalue weighted by atomic mass is 10.0. The van der Waals surface area contributed by atoms with E-state index >= 15 is 0 Å². The van der Waals surface area contributed by atoms with E-state index in [0.717, 1.165) is 12.5 Å². The Morgan fingerprint density at radius 2 is 2.28 bits per heavy atom. The molecule has 1 aromatic heterocycles. The van der Waals surface area contributed by atoms with Gasteiger partial charge in [-0.1, -0.05) is 25.4 Å². The first-order valence-electron chi connectivity index (χ1n) is 5.70. The standard InChI is InChI=1S/C12H16ClFN4/c1-7(2)3-9(6-16)17-12-10(14)4-8(5-15)11(13)18-12/h4,7,9H,3,6,16H2,1-2H3,(H,17,18). The number of aromatic nitrogens is 1. The van der Waals surface area contributed by atoms with Gasteiger partial charge in [-0.05, 0) is 18.4 Å². The third-order valence-electron chi connectivity index (χ3n) is 2.43. The zero-order chi connectivity index (χ0) is 13.7. The van der Waals surface area contributed by atoms with Crippen molar-refractivity contribution in [2.75, 3.05) is 11.9 Å². The van der Waals surface area contributed by atoms with Gasteiger partial charge in [-0.2, -0.15) is 5.26 Å². The van der Waals surface area contributed by atoms with Gasteiger partial charge in [-0.3, -0.25) is 0 Å². The van der Waals surface area contributed by atoms with Crippen molar-refractivity contribution in [3.63, 3.8) is 0 Å². The molecule has 0 radical (unpaired) electrons. The highest BCUT2D eigenvalue weighted by Crippen LogP contribution is 2.21. The maximum Gasteiger partial charge on any atom is 0.166 e. The molecule has 0 bridgehead atoms.